The third kappa shape index (κ3) is 2.09. The maximum atomic E-state index is 10.4. The first-order valence-electron chi connectivity index (χ1n) is 5.98. The van der Waals surface area contributed by atoms with E-state index < -0.39 is 0 Å². The van der Waals surface area contributed by atoms with Crippen molar-refractivity contribution in [3.8, 4) is 27.3 Å². The second kappa shape index (κ2) is 4.78. The number of nitrogens with two attached hydrogens (primary N) is 1. The molecule has 19 heavy (non-hydrogen) atoms. The second-order valence-corrected chi connectivity index (χ2v) is 5.16. The minimum Gasteiger partial charge on any atom is -0.506 e. The van der Waals surface area contributed by atoms with Gasteiger partial charge in [0.15, 0.2) is 0 Å². The molecule has 0 radical (unpaired) electrons. The lowest BCUT2D eigenvalue weighted by Crippen LogP contribution is -1.87. The van der Waals surface area contributed by atoms with Gasteiger partial charge in [-0.1, -0.05) is 48.5 Å². The zero-order valence-corrected chi connectivity index (χ0v) is 11.0. The van der Waals surface area contributed by atoms with E-state index in [4.69, 9.17) is 5.73 Å². The van der Waals surface area contributed by atoms with Crippen LogP contribution in [-0.2, 0) is 0 Å². The molecular formula is C16H13NOS. The summed E-state index contributed by atoms with van der Waals surface area (Å²) in [6.07, 6.45) is 0. The molecule has 0 spiro atoms. The van der Waals surface area contributed by atoms with E-state index in [1.165, 1.54) is 11.3 Å². The van der Waals surface area contributed by atoms with Gasteiger partial charge in [-0.3, -0.25) is 0 Å². The normalized spacial score (nSPS) is 10.5. The highest BCUT2D eigenvalue weighted by Gasteiger charge is 2.15. The molecule has 0 aliphatic carbocycles. The SMILES string of the molecule is Nc1ccccc1-c1scc(-c2ccccc2)c1O. The van der Waals surface area contributed by atoms with E-state index in [-0.39, 0.29) is 0 Å². The monoisotopic (exact) mass is 267 g/mol. The lowest BCUT2D eigenvalue weighted by molar-refractivity contribution is 0.481. The number of aromatic hydroxyl groups is 1. The maximum absolute atomic E-state index is 10.4. The Labute approximate surface area is 115 Å². The lowest BCUT2D eigenvalue weighted by atomic mass is 10.1. The Kier molecular flexibility index (Phi) is 2.97. The Morgan fingerprint density at radius 3 is 2.26 bits per heavy atom. The zero-order valence-electron chi connectivity index (χ0n) is 10.2. The summed E-state index contributed by atoms with van der Waals surface area (Å²) in [6.45, 7) is 0. The Bertz CT molecular complexity index is 704. The first-order chi connectivity index (χ1) is 9.27. The number of nitrogen functional groups attached to an aromatic ring is 1. The number of hydrogen-bond donors (Lipinski definition) is 2. The van der Waals surface area contributed by atoms with Crippen molar-refractivity contribution in [2.75, 3.05) is 5.73 Å². The molecule has 0 fully saturated rings. The van der Waals surface area contributed by atoms with Crippen LogP contribution in [-0.4, -0.2) is 5.11 Å². The van der Waals surface area contributed by atoms with Gasteiger partial charge in [0.05, 0.1) is 4.88 Å². The molecule has 2 nitrogen and oxygen atoms in total. The maximum Gasteiger partial charge on any atom is 0.142 e. The summed E-state index contributed by atoms with van der Waals surface area (Å²) in [7, 11) is 0. The van der Waals surface area contributed by atoms with Crippen molar-refractivity contribution >= 4 is 17.0 Å². The standard InChI is InChI=1S/C16H13NOS/c17-14-9-5-4-8-12(14)16-15(18)13(10-19-16)11-6-2-1-3-7-11/h1-10,18H,17H2. The Morgan fingerprint density at radius 2 is 1.53 bits per heavy atom. The highest BCUT2D eigenvalue weighted by Crippen LogP contribution is 2.44. The second-order valence-electron chi connectivity index (χ2n) is 4.28. The predicted molar refractivity (Wildman–Crippen MR) is 81.3 cm³/mol. The summed E-state index contributed by atoms with van der Waals surface area (Å²) < 4.78 is 0. The molecule has 0 saturated carbocycles. The molecule has 0 saturated heterocycles. The number of thiophene rings is 1. The van der Waals surface area contributed by atoms with E-state index in [0.717, 1.165) is 21.6 Å². The van der Waals surface area contributed by atoms with E-state index >= 15 is 0 Å². The summed E-state index contributed by atoms with van der Waals surface area (Å²) in [6, 6.07) is 17.4. The van der Waals surface area contributed by atoms with Crippen LogP contribution in [0.15, 0.2) is 60.0 Å². The number of anilines is 1. The van der Waals surface area contributed by atoms with Gasteiger partial charge in [0.2, 0.25) is 0 Å². The van der Waals surface area contributed by atoms with E-state index in [1.807, 2.05) is 60.0 Å². The molecule has 3 heteroatoms. The van der Waals surface area contributed by atoms with Crippen molar-refractivity contribution in [3.05, 3.63) is 60.0 Å². The van der Waals surface area contributed by atoms with Crippen molar-refractivity contribution < 1.29 is 5.11 Å². The summed E-state index contributed by atoms with van der Waals surface area (Å²) in [5, 5.41) is 12.4. The van der Waals surface area contributed by atoms with Crippen molar-refractivity contribution in [2.24, 2.45) is 0 Å². The number of para-hydroxylation sites is 1. The van der Waals surface area contributed by atoms with Gasteiger partial charge < -0.3 is 10.8 Å². The Hall–Kier alpha value is -2.26. The van der Waals surface area contributed by atoms with Crippen LogP contribution in [0, 0.1) is 0 Å². The van der Waals surface area contributed by atoms with Crippen molar-refractivity contribution in [1.82, 2.24) is 0 Å². The van der Waals surface area contributed by atoms with Gasteiger partial charge in [0, 0.05) is 22.2 Å². The highest BCUT2D eigenvalue weighted by atomic mass is 32.1. The molecule has 0 aliphatic rings. The van der Waals surface area contributed by atoms with Crippen molar-refractivity contribution in [3.63, 3.8) is 0 Å². The number of benzene rings is 2. The number of hydrogen-bond acceptors (Lipinski definition) is 3. The summed E-state index contributed by atoms with van der Waals surface area (Å²) in [5.41, 5.74) is 9.39. The largest absolute Gasteiger partial charge is 0.506 e. The van der Waals surface area contributed by atoms with E-state index in [0.29, 0.717) is 11.4 Å². The van der Waals surface area contributed by atoms with Gasteiger partial charge in [0.25, 0.3) is 0 Å². The first-order valence-corrected chi connectivity index (χ1v) is 6.86. The van der Waals surface area contributed by atoms with E-state index in [1.54, 1.807) is 0 Å². The molecule has 0 amide bonds. The van der Waals surface area contributed by atoms with Gasteiger partial charge >= 0.3 is 0 Å². The first kappa shape index (κ1) is 11.8. The van der Waals surface area contributed by atoms with Gasteiger partial charge in [-0.05, 0) is 11.6 Å². The van der Waals surface area contributed by atoms with Crippen LogP contribution in [0.1, 0.15) is 0 Å². The average molecular weight is 267 g/mol. The quantitative estimate of drug-likeness (QED) is 0.677. The summed E-state index contributed by atoms with van der Waals surface area (Å²) in [4.78, 5) is 0.817. The molecule has 2 aromatic carbocycles. The van der Waals surface area contributed by atoms with Crippen LogP contribution in [0.2, 0.25) is 0 Å². The molecule has 3 aromatic rings. The van der Waals surface area contributed by atoms with Gasteiger partial charge in [-0.25, -0.2) is 0 Å². The van der Waals surface area contributed by atoms with Crippen LogP contribution in [0.3, 0.4) is 0 Å². The van der Waals surface area contributed by atoms with Crippen LogP contribution in [0.4, 0.5) is 5.69 Å². The highest BCUT2D eigenvalue weighted by molar-refractivity contribution is 7.14. The lowest BCUT2D eigenvalue weighted by Gasteiger charge is -2.04. The van der Waals surface area contributed by atoms with E-state index in [9.17, 15) is 5.11 Å². The van der Waals surface area contributed by atoms with Crippen molar-refractivity contribution in [2.45, 2.75) is 0 Å². The molecule has 0 unspecified atom stereocenters. The van der Waals surface area contributed by atoms with Crippen LogP contribution in [0.25, 0.3) is 21.6 Å². The zero-order chi connectivity index (χ0) is 13.2. The molecule has 1 heterocycles. The molecule has 0 aliphatic heterocycles. The molecular weight excluding hydrogens is 254 g/mol. The Balaban J connectivity index is 2.12. The Morgan fingerprint density at radius 1 is 0.842 bits per heavy atom. The molecule has 94 valence electrons. The van der Waals surface area contributed by atoms with Gasteiger partial charge in [-0.15, -0.1) is 11.3 Å². The molecule has 1 aromatic heterocycles. The predicted octanol–water partition coefficient (Wildman–Crippen LogP) is 4.37. The average Bonchev–Trinajstić information content (AvgIpc) is 2.82. The topological polar surface area (TPSA) is 46.2 Å². The van der Waals surface area contributed by atoms with E-state index in [2.05, 4.69) is 0 Å². The van der Waals surface area contributed by atoms with Gasteiger partial charge in [-0.2, -0.15) is 0 Å². The summed E-state index contributed by atoms with van der Waals surface area (Å²) >= 11 is 1.51. The third-order valence-corrected chi connectivity index (χ3v) is 4.06. The van der Waals surface area contributed by atoms with Crippen LogP contribution >= 0.6 is 11.3 Å². The number of rotatable bonds is 2. The molecule has 0 bridgehead atoms. The van der Waals surface area contributed by atoms with Crippen LogP contribution < -0.4 is 5.73 Å². The minimum atomic E-state index is 0.300. The summed E-state index contributed by atoms with van der Waals surface area (Å²) in [5.74, 6) is 0.300. The van der Waals surface area contributed by atoms with Crippen LogP contribution in [0.5, 0.6) is 5.75 Å². The molecule has 3 N–H and O–H groups in total. The van der Waals surface area contributed by atoms with Crippen molar-refractivity contribution in [1.29, 1.82) is 0 Å². The fraction of sp³-hybridized carbons (Fsp3) is 0. The molecule has 0 atom stereocenters. The third-order valence-electron chi connectivity index (χ3n) is 3.06. The fourth-order valence-electron chi connectivity index (χ4n) is 2.07. The minimum absolute atomic E-state index is 0.300. The molecule has 3 rings (SSSR count). The fourth-order valence-corrected chi connectivity index (χ4v) is 3.09. The smallest absolute Gasteiger partial charge is 0.142 e. The van der Waals surface area contributed by atoms with Gasteiger partial charge in [0.1, 0.15) is 5.75 Å².